The second-order valence-electron chi connectivity index (χ2n) is 6.86. The zero-order chi connectivity index (χ0) is 23.8. The van der Waals surface area contributed by atoms with Crippen molar-refractivity contribution in [3.8, 4) is 11.5 Å². The van der Waals surface area contributed by atoms with Gasteiger partial charge in [0.1, 0.15) is 29.3 Å². The highest BCUT2D eigenvalue weighted by Crippen LogP contribution is 2.32. The Balaban J connectivity index is 1.85. The second kappa shape index (κ2) is 11.1. The molecule has 3 aromatic rings. The highest BCUT2D eigenvalue weighted by molar-refractivity contribution is 7.99. The molecule has 0 aliphatic heterocycles. The molecule has 12 heteroatoms. The Hall–Kier alpha value is -3.25. The van der Waals surface area contributed by atoms with Crippen LogP contribution in [0.3, 0.4) is 0 Å². The van der Waals surface area contributed by atoms with E-state index in [2.05, 4.69) is 20.5 Å². The molecular formula is C21H25N5O5S2. The maximum atomic E-state index is 13.7. The van der Waals surface area contributed by atoms with Gasteiger partial charge in [0.15, 0.2) is 5.16 Å². The van der Waals surface area contributed by atoms with Crippen molar-refractivity contribution in [2.24, 2.45) is 0 Å². The molecule has 0 aliphatic carbocycles. The summed E-state index contributed by atoms with van der Waals surface area (Å²) in [7, 11) is -1.25. The van der Waals surface area contributed by atoms with Gasteiger partial charge in [-0.15, -0.1) is 0 Å². The Morgan fingerprint density at radius 3 is 2.70 bits per heavy atom. The maximum absolute atomic E-state index is 13.7. The number of aromatic nitrogens is 3. The summed E-state index contributed by atoms with van der Waals surface area (Å²) in [5, 5.41) is 9.86. The number of anilines is 1. The molecule has 176 valence electrons. The van der Waals surface area contributed by atoms with E-state index < -0.39 is 22.5 Å². The van der Waals surface area contributed by atoms with Gasteiger partial charge in [0.2, 0.25) is 5.91 Å². The lowest BCUT2D eigenvalue weighted by Gasteiger charge is -2.25. The van der Waals surface area contributed by atoms with Gasteiger partial charge in [0.05, 0.1) is 19.9 Å². The van der Waals surface area contributed by atoms with Gasteiger partial charge in [-0.05, 0) is 36.8 Å². The van der Waals surface area contributed by atoms with Crippen molar-refractivity contribution in [1.82, 2.24) is 20.5 Å². The molecule has 2 N–H and O–H groups in total. The quantitative estimate of drug-likeness (QED) is 0.309. The standard InChI is InChI=1S/C21H25N5O5S2/c1-15-7-8-18(31-3)19(11-15)33(28,29)26(16-5-4-6-17(12-16)30-2)13-20(27)22-9-10-32-21-23-14-24-25-21/h4-8,11-12,14H,9-10,13H2,1-3H3,(H,22,27)(H,23,24,25). The second-order valence-corrected chi connectivity index (χ2v) is 9.77. The lowest BCUT2D eigenvalue weighted by Crippen LogP contribution is -2.41. The first-order valence-corrected chi connectivity index (χ1v) is 12.3. The molecule has 0 atom stereocenters. The molecule has 10 nitrogen and oxygen atoms in total. The van der Waals surface area contributed by atoms with Crippen LogP contribution in [0.4, 0.5) is 5.69 Å². The number of ether oxygens (including phenoxy) is 2. The Labute approximate surface area is 196 Å². The smallest absolute Gasteiger partial charge is 0.268 e. The first-order valence-electron chi connectivity index (χ1n) is 9.91. The summed E-state index contributed by atoms with van der Waals surface area (Å²) in [5.41, 5.74) is 1.04. The molecule has 0 fully saturated rings. The maximum Gasteiger partial charge on any atom is 0.268 e. The van der Waals surface area contributed by atoms with E-state index in [1.54, 1.807) is 43.3 Å². The number of carbonyl (C=O) groups is 1. The number of hydrogen-bond acceptors (Lipinski definition) is 8. The van der Waals surface area contributed by atoms with E-state index in [0.717, 1.165) is 9.87 Å². The fourth-order valence-corrected chi connectivity index (χ4v) is 5.27. The van der Waals surface area contributed by atoms with E-state index in [9.17, 15) is 13.2 Å². The number of sulfonamides is 1. The van der Waals surface area contributed by atoms with Gasteiger partial charge in [-0.25, -0.2) is 13.4 Å². The van der Waals surface area contributed by atoms with Crippen molar-refractivity contribution in [1.29, 1.82) is 0 Å². The Morgan fingerprint density at radius 1 is 1.18 bits per heavy atom. The number of amides is 1. The third-order valence-electron chi connectivity index (χ3n) is 4.57. The number of hydrogen-bond donors (Lipinski definition) is 2. The number of nitrogens with zero attached hydrogens (tertiary/aromatic N) is 3. The Kier molecular flexibility index (Phi) is 8.17. The Bertz CT molecular complexity index is 1190. The molecule has 0 unspecified atom stereocenters. The average molecular weight is 492 g/mol. The first kappa shape index (κ1) is 24.4. The van der Waals surface area contributed by atoms with Crippen molar-refractivity contribution in [2.45, 2.75) is 17.0 Å². The summed E-state index contributed by atoms with van der Waals surface area (Å²) >= 11 is 1.39. The highest BCUT2D eigenvalue weighted by Gasteiger charge is 2.30. The molecule has 3 rings (SSSR count). The minimum atomic E-state index is -4.14. The zero-order valence-corrected chi connectivity index (χ0v) is 20.1. The molecule has 1 heterocycles. The van der Waals surface area contributed by atoms with E-state index in [1.807, 2.05) is 0 Å². The normalized spacial score (nSPS) is 11.1. The fraction of sp³-hybridized carbons (Fsp3) is 0.286. The largest absolute Gasteiger partial charge is 0.497 e. The van der Waals surface area contributed by atoms with Crippen LogP contribution in [0.5, 0.6) is 11.5 Å². The molecule has 1 aromatic heterocycles. The van der Waals surface area contributed by atoms with E-state index in [1.165, 1.54) is 38.4 Å². The van der Waals surface area contributed by atoms with Gasteiger partial charge >= 0.3 is 0 Å². The van der Waals surface area contributed by atoms with Gasteiger partial charge in [0.25, 0.3) is 10.0 Å². The minimum absolute atomic E-state index is 0.0264. The van der Waals surface area contributed by atoms with Crippen LogP contribution in [0.25, 0.3) is 0 Å². The van der Waals surface area contributed by atoms with Gasteiger partial charge in [0, 0.05) is 18.4 Å². The van der Waals surface area contributed by atoms with Crippen LogP contribution in [0.1, 0.15) is 5.56 Å². The highest BCUT2D eigenvalue weighted by atomic mass is 32.2. The van der Waals surface area contributed by atoms with Gasteiger partial charge < -0.3 is 14.8 Å². The summed E-state index contributed by atoms with van der Waals surface area (Å²) in [4.78, 5) is 16.7. The number of methoxy groups -OCH3 is 2. The van der Waals surface area contributed by atoms with Crippen molar-refractivity contribution >= 4 is 33.4 Å². The van der Waals surface area contributed by atoms with Crippen LogP contribution in [-0.4, -0.2) is 62.6 Å². The molecule has 1 amide bonds. The number of H-pyrrole nitrogens is 1. The number of thioether (sulfide) groups is 1. The van der Waals surface area contributed by atoms with Gasteiger partial charge in [-0.3, -0.25) is 14.2 Å². The van der Waals surface area contributed by atoms with Crippen molar-refractivity contribution in [2.75, 3.05) is 37.4 Å². The number of aromatic amines is 1. The zero-order valence-electron chi connectivity index (χ0n) is 18.4. The van der Waals surface area contributed by atoms with E-state index in [0.29, 0.717) is 28.9 Å². The molecule has 0 saturated heterocycles. The monoisotopic (exact) mass is 491 g/mol. The Morgan fingerprint density at radius 2 is 2.00 bits per heavy atom. The van der Waals surface area contributed by atoms with E-state index in [4.69, 9.17) is 9.47 Å². The minimum Gasteiger partial charge on any atom is -0.497 e. The molecular weight excluding hydrogens is 466 g/mol. The van der Waals surface area contributed by atoms with Crippen LogP contribution in [0, 0.1) is 6.92 Å². The average Bonchev–Trinajstić information content (AvgIpc) is 3.34. The van der Waals surface area contributed by atoms with E-state index >= 15 is 0 Å². The predicted molar refractivity (Wildman–Crippen MR) is 125 cm³/mol. The molecule has 2 aromatic carbocycles. The topological polar surface area (TPSA) is 127 Å². The number of carbonyl (C=O) groups excluding carboxylic acids is 1. The summed E-state index contributed by atoms with van der Waals surface area (Å²) in [6, 6.07) is 11.4. The number of benzene rings is 2. The van der Waals surface area contributed by atoms with Gasteiger partial charge in [-0.2, -0.15) is 5.10 Å². The molecule has 0 spiro atoms. The van der Waals surface area contributed by atoms with Crippen LogP contribution in [0.15, 0.2) is 58.8 Å². The molecule has 0 bridgehead atoms. The lowest BCUT2D eigenvalue weighted by atomic mass is 10.2. The van der Waals surface area contributed by atoms with Crippen LogP contribution >= 0.6 is 11.8 Å². The predicted octanol–water partition coefficient (Wildman–Crippen LogP) is 2.23. The van der Waals surface area contributed by atoms with Crippen LogP contribution in [0.2, 0.25) is 0 Å². The fourth-order valence-electron chi connectivity index (χ4n) is 2.97. The van der Waals surface area contributed by atoms with E-state index in [-0.39, 0.29) is 10.6 Å². The molecule has 0 radical (unpaired) electrons. The van der Waals surface area contributed by atoms with Crippen molar-refractivity contribution < 1.29 is 22.7 Å². The van der Waals surface area contributed by atoms with Crippen LogP contribution < -0.4 is 19.1 Å². The summed E-state index contributed by atoms with van der Waals surface area (Å²) in [6.45, 7) is 1.69. The molecule has 0 aliphatic rings. The number of rotatable bonds is 11. The lowest BCUT2D eigenvalue weighted by molar-refractivity contribution is -0.119. The van der Waals surface area contributed by atoms with Crippen LogP contribution in [-0.2, 0) is 14.8 Å². The summed E-state index contributed by atoms with van der Waals surface area (Å²) in [5.74, 6) is 0.745. The summed E-state index contributed by atoms with van der Waals surface area (Å²) in [6.07, 6.45) is 1.40. The molecule has 33 heavy (non-hydrogen) atoms. The first-order chi connectivity index (χ1) is 15.8. The third-order valence-corrected chi connectivity index (χ3v) is 7.25. The summed E-state index contributed by atoms with van der Waals surface area (Å²) < 4.78 is 39.0. The number of nitrogens with one attached hydrogen (secondary N) is 2. The molecule has 0 saturated carbocycles. The third kappa shape index (κ3) is 6.17. The van der Waals surface area contributed by atoms with Crippen molar-refractivity contribution in [3.63, 3.8) is 0 Å². The SMILES string of the molecule is COc1cccc(N(CC(=O)NCCSc2ncn[nH]2)S(=O)(=O)c2cc(C)ccc2OC)c1. The number of aryl methyl sites for hydroxylation is 1. The van der Waals surface area contributed by atoms with Crippen molar-refractivity contribution in [3.05, 3.63) is 54.4 Å². The van der Waals surface area contributed by atoms with Gasteiger partial charge in [-0.1, -0.05) is 23.9 Å².